The number of thiophene rings is 1. The van der Waals surface area contributed by atoms with Crippen LogP contribution in [0, 0.1) is 0 Å². The van der Waals surface area contributed by atoms with E-state index in [0.717, 1.165) is 47.9 Å². The number of aryl methyl sites for hydroxylation is 2. The Balaban J connectivity index is 1.55. The van der Waals surface area contributed by atoms with E-state index in [1.807, 2.05) is 0 Å². The van der Waals surface area contributed by atoms with Crippen LogP contribution in [0.15, 0.2) is 28.2 Å². The largest absolute Gasteiger partial charge is 0.416 e. The Kier molecular flexibility index (Phi) is 6.44. The van der Waals surface area contributed by atoms with Crippen LogP contribution in [0.2, 0.25) is 0 Å². The van der Waals surface area contributed by atoms with Crippen LogP contribution in [0.4, 0.5) is 32.0 Å². The lowest BCUT2D eigenvalue weighted by Crippen LogP contribution is -2.22. The minimum absolute atomic E-state index is 0.0139. The molecule has 0 radical (unpaired) electrons. The van der Waals surface area contributed by atoms with E-state index in [4.69, 9.17) is 0 Å². The van der Waals surface area contributed by atoms with Crippen molar-refractivity contribution in [2.45, 2.75) is 43.2 Å². The van der Waals surface area contributed by atoms with Gasteiger partial charge in [0.2, 0.25) is 5.91 Å². The van der Waals surface area contributed by atoms with E-state index in [1.54, 1.807) is 0 Å². The number of halogens is 6. The van der Waals surface area contributed by atoms with Crippen molar-refractivity contribution in [3.05, 3.63) is 50.1 Å². The number of aromatic nitrogens is 2. The van der Waals surface area contributed by atoms with Gasteiger partial charge in [-0.25, -0.2) is 4.98 Å². The third kappa shape index (κ3) is 4.95. The Hall–Kier alpha value is -2.54. The number of nitrogens with one attached hydrogen (secondary N) is 1. The fourth-order valence-electron chi connectivity index (χ4n) is 3.75. The lowest BCUT2D eigenvalue weighted by atomic mass is 9.97. The molecule has 182 valence electrons. The van der Waals surface area contributed by atoms with Crippen molar-refractivity contribution in [2.75, 3.05) is 11.1 Å². The number of carbonyl (C=O) groups is 1. The molecule has 0 fully saturated rings. The van der Waals surface area contributed by atoms with E-state index in [0.29, 0.717) is 22.3 Å². The van der Waals surface area contributed by atoms with Gasteiger partial charge in [-0.2, -0.15) is 26.3 Å². The van der Waals surface area contributed by atoms with Gasteiger partial charge in [0.25, 0.3) is 5.56 Å². The molecule has 13 heteroatoms. The topological polar surface area (TPSA) is 64.0 Å². The molecule has 0 saturated carbocycles. The number of fused-ring (bicyclic) bond motifs is 3. The number of anilines is 1. The number of benzene rings is 1. The summed E-state index contributed by atoms with van der Waals surface area (Å²) in [6.07, 6.45) is -6.34. The number of rotatable bonds is 4. The molecule has 0 atom stereocenters. The van der Waals surface area contributed by atoms with Crippen LogP contribution in [0.3, 0.4) is 0 Å². The lowest BCUT2D eigenvalue weighted by molar-refractivity contribution is -0.143. The van der Waals surface area contributed by atoms with Gasteiger partial charge in [0, 0.05) is 17.6 Å². The van der Waals surface area contributed by atoms with Crippen molar-refractivity contribution in [1.82, 2.24) is 9.55 Å². The molecule has 1 aliphatic rings. The molecule has 0 saturated heterocycles. The molecular formula is C21H17F6N3O2S2. The molecule has 2 aromatic heterocycles. The molecule has 0 bridgehead atoms. The summed E-state index contributed by atoms with van der Waals surface area (Å²) in [6.45, 7) is 0. The van der Waals surface area contributed by atoms with Gasteiger partial charge < -0.3 is 5.32 Å². The SMILES string of the molecule is Cn1c(SCC(=O)Nc2cc(C(F)(F)F)cc(C(F)(F)F)c2)nc2sc3c(c2c1=O)CCCC3. The van der Waals surface area contributed by atoms with Gasteiger partial charge in [0.15, 0.2) is 5.16 Å². The highest BCUT2D eigenvalue weighted by Crippen LogP contribution is 2.38. The molecule has 4 rings (SSSR count). The van der Waals surface area contributed by atoms with Crippen molar-refractivity contribution in [3.8, 4) is 0 Å². The van der Waals surface area contributed by atoms with Gasteiger partial charge in [-0.05, 0) is 49.4 Å². The fourth-order valence-corrected chi connectivity index (χ4v) is 5.82. The zero-order chi connectivity index (χ0) is 24.8. The zero-order valence-corrected chi connectivity index (χ0v) is 19.2. The summed E-state index contributed by atoms with van der Waals surface area (Å²) in [5.41, 5.74) is -2.92. The average Bonchev–Trinajstić information content (AvgIpc) is 3.12. The normalized spacial score (nSPS) is 14.3. The number of nitrogens with zero attached hydrogens (tertiary/aromatic N) is 2. The predicted molar refractivity (Wildman–Crippen MR) is 117 cm³/mol. The molecule has 1 aromatic carbocycles. The molecule has 2 heterocycles. The van der Waals surface area contributed by atoms with Crippen molar-refractivity contribution >= 4 is 44.9 Å². The Morgan fingerprint density at radius 1 is 1.09 bits per heavy atom. The summed E-state index contributed by atoms with van der Waals surface area (Å²) >= 11 is 2.30. The highest BCUT2D eigenvalue weighted by atomic mass is 32.2. The van der Waals surface area contributed by atoms with E-state index in [-0.39, 0.29) is 22.5 Å². The molecule has 0 aliphatic heterocycles. The third-order valence-corrected chi connectivity index (χ3v) is 7.57. The number of hydrogen-bond acceptors (Lipinski definition) is 5. The Bertz CT molecular complexity index is 1300. The van der Waals surface area contributed by atoms with Gasteiger partial charge in [0.1, 0.15) is 4.83 Å². The Morgan fingerprint density at radius 3 is 2.32 bits per heavy atom. The van der Waals surface area contributed by atoms with Crippen molar-refractivity contribution < 1.29 is 31.1 Å². The smallest absolute Gasteiger partial charge is 0.325 e. The third-order valence-electron chi connectivity index (χ3n) is 5.36. The number of carbonyl (C=O) groups excluding carboxylic acids is 1. The first-order valence-corrected chi connectivity index (χ1v) is 11.9. The first-order valence-electron chi connectivity index (χ1n) is 10.1. The van der Waals surface area contributed by atoms with Crippen molar-refractivity contribution in [1.29, 1.82) is 0 Å². The molecule has 1 amide bonds. The van der Waals surface area contributed by atoms with E-state index in [1.165, 1.54) is 23.0 Å². The van der Waals surface area contributed by atoms with Crippen LogP contribution in [-0.4, -0.2) is 21.2 Å². The minimum atomic E-state index is -5.02. The molecule has 3 aromatic rings. The van der Waals surface area contributed by atoms with Gasteiger partial charge in [0.05, 0.1) is 22.3 Å². The summed E-state index contributed by atoms with van der Waals surface area (Å²) < 4.78 is 79.4. The van der Waals surface area contributed by atoms with Crippen LogP contribution in [0.5, 0.6) is 0 Å². The summed E-state index contributed by atoms with van der Waals surface area (Å²) in [5, 5.41) is 2.87. The van der Waals surface area contributed by atoms with Gasteiger partial charge in [-0.1, -0.05) is 11.8 Å². The molecule has 0 unspecified atom stereocenters. The highest BCUT2D eigenvalue weighted by Gasteiger charge is 2.37. The van der Waals surface area contributed by atoms with Gasteiger partial charge in [-0.3, -0.25) is 14.2 Å². The number of alkyl halides is 6. The van der Waals surface area contributed by atoms with E-state index in [9.17, 15) is 35.9 Å². The Morgan fingerprint density at radius 2 is 1.71 bits per heavy atom. The molecule has 0 spiro atoms. The number of hydrogen-bond donors (Lipinski definition) is 1. The maximum absolute atomic E-state index is 13.0. The quantitative estimate of drug-likeness (QED) is 0.274. The lowest BCUT2D eigenvalue weighted by Gasteiger charge is -2.15. The summed E-state index contributed by atoms with van der Waals surface area (Å²) in [5.74, 6) is -1.20. The minimum Gasteiger partial charge on any atom is -0.325 e. The van der Waals surface area contributed by atoms with Crippen molar-refractivity contribution in [2.24, 2.45) is 7.05 Å². The zero-order valence-electron chi connectivity index (χ0n) is 17.6. The van der Waals surface area contributed by atoms with Crippen LogP contribution < -0.4 is 10.9 Å². The fraction of sp³-hybridized carbons (Fsp3) is 0.381. The molecule has 1 N–H and O–H groups in total. The first-order chi connectivity index (χ1) is 15.8. The first kappa shape index (κ1) is 24.6. The summed E-state index contributed by atoms with van der Waals surface area (Å²) in [7, 11) is 1.50. The maximum Gasteiger partial charge on any atom is 0.416 e. The standard InChI is InChI=1S/C21H17F6N3O2S2/c1-30-18(32)16-13-4-2-3-5-14(13)34-17(16)29-19(30)33-9-15(31)28-12-7-10(20(22,23)24)6-11(8-12)21(25,26)27/h6-8H,2-5,9H2,1H3,(H,28,31). The highest BCUT2D eigenvalue weighted by molar-refractivity contribution is 7.99. The summed E-state index contributed by atoms with van der Waals surface area (Å²) in [6, 6.07) is 0.863. The van der Waals surface area contributed by atoms with E-state index < -0.39 is 35.1 Å². The second-order valence-electron chi connectivity index (χ2n) is 7.78. The number of thioether (sulfide) groups is 1. The predicted octanol–water partition coefficient (Wildman–Crippen LogP) is 5.64. The van der Waals surface area contributed by atoms with E-state index in [2.05, 4.69) is 10.3 Å². The molecule has 1 aliphatic carbocycles. The second-order valence-corrected chi connectivity index (χ2v) is 9.81. The maximum atomic E-state index is 13.0. The van der Waals surface area contributed by atoms with Gasteiger partial charge >= 0.3 is 12.4 Å². The molecule has 34 heavy (non-hydrogen) atoms. The van der Waals surface area contributed by atoms with E-state index >= 15 is 0 Å². The van der Waals surface area contributed by atoms with Crippen molar-refractivity contribution in [3.63, 3.8) is 0 Å². The summed E-state index contributed by atoms with van der Waals surface area (Å²) in [4.78, 5) is 31.4. The van der Waals surface area contributed by atoms with Crippen LogP contribution in [0.25, 0.3) is 10.2 Å². The molecule has 5 nitrogen and oxygen atoms in total. The van der Waals surface area contributed by atoms with Crippen LogP contribution in [0.1, 0.15) is 34.4 Å². The van der Waals surface area contributed by atoms with Crippen LogP contribution >= 0.6 is 23.1 Å². The van der Waals surface area contributed by atoms with Crippen LogP contribution in [-0.2, 0) is 37.0 Å². The Labute approximate surface area is 197 Å². The monoisotopic (exact) mass is 521 g/mol. The second kappa shape index (κ2) is 8.91. The van der Waals surface area contributed by atoms with Gasteiger partial charge in [-0.15, -0.1) is 11.3 Å². The molecular weight excluding hydrogens is 504 g/mol. The number of amides is 1. The average molecular weight is 522 g/mol.